The first kappa shape index (κ1) is 14.3. The van der Waals surface area contributed by atoms with E-state index in [-0.39, 0.29) is 0 Å². The van der Waals surface area contributed by atoms with Gasteiger partial charge in [-0.25, -0.2) is 0 Å². The highest BCUT2D eigenvalue weighted by atomic mass is 79.9. The van der Waals surface area contributed by atoms with Crippen LogP contribution in [-0.2, 0) is 6.54 Å². The molecule has 0 amide bonds. The largest absolute Gasteiger partial charge is 0.452 e. The molecule has 92 valence electrons. The van der Waals surface area contributed by atoms with Gasteiger partial charge in [0.2, 0.25) is 0 Å². The maximum atomic E-state index is 5.50. The van der Waals surface area contributed by atoms with Crippen molar-refractivity contribution in [2.45, 2.75) is 46.2 Å². The highest BCUT2D eigenvalue weighted by Crippen LogP contribution is 2.26. The maximum absolute atomic E-state index is 5.50. The molecule has 1 unspecified atom stereocenters. The first-order valence-electron chi connectivity index (χ1n) is 5.66. The summed E-state index contributed by atoms with van der Waals surface area (Å²) in [5, 5.41) is 3.46. The topological polar surface area (TPSA) is 25.2 Å². The van der Waals surface area contributed by atoms with Crippen molar-refractivity contribution in [3.8, 4) is 0 Å². The number of hydrogen-bond donors (Lipinski definition) is 1. The van der Waals surface area contributed by atoms with Crippen LogP contribution in [0, 0.1) is 5.92 Å². The predicted octanol–water partition coefficient (Wildman–Crippen LogP) is 4.72. The molecule has 2 nitrogen and oxygen atoms in total. The van der Waals surface area contributed by atoms with E-state index in [1.807, 2.05) is 6.07 Å². The lowest BCUT2D eigenvalue weighted by Crippen LogP contribution is -2.25. The molecule has 1 N–H and O–H groups in total. The van der Waals surface area contributed by atoms with Gasteiger partial charge >= 0.3 is 0 Å². The highest BCUT2D eigenvalue weighted by Gasteiger charge is 2.08. The molecule has 0 aliphatic rings. The molecular weight excluding hydrogens is 334 g/mol. The SMILES string of the molecule is CC(C)CCC(C)NCc1cc(Br)c(Br)o1. The average molecular weight is 353 g/mol. The molecule has 1 aromatic rings. The van der Waals surface area contributed by atoms with Gasteiger partial charge in [0.15, 0.2) is 4.67 Å². The highest BCUT2D eigenvalue weighted by molar-refractivity contribution is 9.13. The monoisotopic (exact) mass is 351 g/mol. The Morgan fingerprint density at radius 3 is 2.44 bits per heavy atom. The molecule has 0 aromatic carbocycles. The molecule has 0 saturated carbocycles. The smallest absolute Gasteiger partial charge is 0.183 e. The van der Waals surface area contributed by atoms with Crippen molar-refractivity contribution in [1.29, 1.82) is 0 Å². The first-order chi connectivity index (χ1) is 7.49. The van der Waals surface area contributed by atoms with Crippen molar-refractivity contribution in [1.82, 2.24) is 5.32 Å². The van der Waals surface area contributed by atoms with Gasteiger partial charge in [-0.2, -0.15) is 0 Å². The zero-order valence-electron chi connectivity index (χ0n) is 10.0. The molecule has 16 heavy (non-hydrogen) atoms. The Kier molecular flexibility index (Phi) is 6.08. The average Bonchev–Trinajstić information content (AvgIpc) is 2.52. The van der Waals surface area contributed by atoms with Crippen LogP contribution < -0.4 is 5.32 Å². The first-order valence-corrected chi connectivity index (χ1v) is 7.24. The second kappa shape index (κ2) is 6.82. The van der Waals surface area contributed by atoms with Gasteiger partial charge in [0, 0.05) is 6.04 Å². The van der Waals surface area contributed by atoms with E-state index in [9.17, 15) is 0 Å². The van der Waals surface area contributed by atoms with Gasteiger partial charge in [-0.3, -0.25) is 0 Å². The molecule has 4 heteroatoms. The molecular formula is C12H19Br2NO. The number of rotatable bonds is 6. The van der Waals surface area contributed by atoms with E-state index < -0.39 is 0 Å². The van der Waals surface area contributed by atoms with E-state index >= 15 is 0 Å². The van der Waals surface area contributed by atoms with Crippen LogP contribution in [-0.4, -0.2) is 6.04 Å². The molecule has 0 aliphatic carbocycles. The Morgan fingerprint density at radius 2 is 1.94 bits per heavy atom. The fourth-order valence-corrected chi connectivity index (χ4v) is 2.10. The molecule has 0 spiro atoms. The van der Waals surface area contributed by atoms with E-state index in [4.69, 9.17) is 4.42 Å². The van der Waals surface area contributed by atoms with Crippen molar-refractivity contribution in [3.05, 3.63) is 21.0 Å². The fraction of sp³-hybridized carbons (Fsp3) is 0.667. The molecule has 1 heterocycles. The minimum absolute atomic E-state index is 0.532. The fourth-order valence-electron chi connectivity index (χ4n) is 1.44. The Bertz CT molecular complexity index is 303. The Balaban J connectivity index is 2.28. The van der Waals surface area contributed by atoms with Crippen LogP contribution in [0.2, 0.25) is 0 Å². The molecule has 0 aliphatic heterocycles. The van der Waals surface area contributed by atoms with E-state index in [1.165, 1.54) is 12.8 Å². The van der Waals surface area contributed by atoms with Crippen LogP contribution in [0.4, 0.5) is 0 Å². The molecule has 0 bridgehead atoms. The van der Waals surface area contributed by atoms with Crippen LogP contribution in [0.3, 0.4) is 0 Å². The molecule has 0 radical (unpaired) electrons. The quantitative estimate of drug-likeness (QED) is 0.801. The normalized spacial score (nSPS) is 13.4. The lowest BCUT2D eigenvalue weighted by molar-refractivity contribution is 0.412. The van der Waals surface area contributed by atoms with Crippen molar-refractivity contribution in [2.24, 2.45) is 5.92 Å². The van der Waals surface area contributed by atoms with Crippen molar-refractivity contribution in [3.63, 3.8) is 0 Å². The van der Waals surface area contributed by atoms with Gasteiger partial charge in [0.25, 0.3) is 0 Å². The number of furan rings is 1. The molecule has 0 saturated heterocycles. The van der Waals surface area contributed by atoms with E-state index in [2.05, 4.69) is 57.9 Å². The predicted molar refractivity (Wildman–Crippen MR) is 74.5 cm³/mol. The summed E-state index contributed by atoms with van der Waals surface area (Å²) in [6.45, 7) is 7.51. The van der Waals surface area contributed by atoms with Crippen LogP contribution in [0.15, 0.2) is 19.6 Å². The summed E-state index contributed by atoms with van der Waals surface area (Å²) in [5.41, 5.74) is 0. The lowest BCUT2D eigenvalue weighted by Gasteiger charge is -2.13. The summed E-state index contributed by atoms with van der Waals surface area (Å²) in [6, 6.07) is 2.52. The molecule has 1 rings (SSSR count). The summed E-state index contributed by atoms with van der Waals surface area (Å²) in [5.74, 6) is 1.73. The molecule has 1 aromatic heterocycles. The summed E-state index contributed by atoms with van der Waals surface area (Å²) < 4.78 is 7.23. The Morgan fingerprint density at radius 1 is 1.25 bits per heavy atom. The number of nitrogens with one attached hydrogen (secondary N) is 1. The second-order valence-electron chi connectivity index (χ2n) is 4.59. The van der Waals surface area contributed by atoms with Crippen LogP contribution in [0.1, 0.15) is 39.4 Å². The van der Waals surface area contributed by atoms with Gasteiger partial charge in [-0.05, 0) is 63.6 Å². The van der Waals surface area contributed by atoms with Crippen LogP contribution in [0.25, 0.3) is 0 Å². The van der Waals surface area contributed by atoms with E-state index in [0.717, 1.165) is 27.4 Å². The summed E-state index contributed by atoms with van der Waals surface area (Å²) in [7, 11) is 0. The third-order valence-corrected chi connectivity index (χ3v) is 4.21. The Hall–Kier alpha value is 0.200. The summed E-state index contributed by atoms with van der Waals surface area (Å²) >= 11 is 6.74. The van der Waals surface area contributed by atoms with Gasteiger partial charge in [0.05, 0.1) is 11.0 Å². The van der Waals surface area contributed by atoms with Gasteiger partial charge < -0.3 is 9.73 Å². The third kappa shape index (κ3) is 5.02. The zero-order chi connectivity index (χ0) is 12.1. The minimum Gasteiger partial charge on any atom is -0.452 e. The number of hydrogen-bond acceptors (Lipinski definition) is 2. The standard InChI is InChI=1S/C12H19Br2NO/c1-8(2)4-5-9(3)15-7-10-6-11(13)12(14)16-10/h6,8-9,15H,4-5,7H2,1-3H3. The second-order valence-corrected chi connectivity index (χ2v) is 6.16. The van der Waals surface area contributed by atoms with Crippen molar-refractivity contribution in [2.75, 3.05) is 0 Å². The van der Waals surface area contributed by atoms with E-state index in [0.29, 0.717) is 6.04 Å². The van der Waals surface area contributed by atoms with Gasteiger partial charge in [0.1, 0.15) is 5.76 Å². The summed E-state index contributed by atoms with van der Waals surface area (Å²) in [4.78, 5) is 0. The Labute approximate surface area is 114 Å². The van der Waals surface area contributed by atoms with Crippen molar-refractivity contribution < 1.29 is 4.42 Å². The van der Waals surface area contributed by atoms with Crippen LogP contribution in [0.5, 0.6) is 0 Å². The van der Waals surface area contributed by atoms with Crippen LogP contribution >= 0.6 is 31.9 Å². The number of halogens is 2. The third-order valence-electron chi connectivity index (χ3n) is 2.50. The zero-order valence-corrected chi connectivity index (χ0v) is 13.2. The van der Waals surface area contributed by atoms with E-state index in [1.54, 1.807) is 0 Å². The van der Waals surface area contributed by atoms with Gasteiger partial charge in [-0.1, -0.05) is 13.8 Å². The van der Waals surface area contributed by atoms with Gasteiger partial charge in [-0.15, -0.1) is 0 Å². The molecule has 1 atom stereocenters. The van der Waals surface area contributed by atoms with Crippen molar-refractivity contribution >= 4 is 31.9 Å². The summed E-state index contributed by atoms with van der Waals surface area (Å²) in [6.07, 6.45) is 2.47. The minimum atomic E-state index is 0.532. The lowest BCUT2D eigenvalue weighted by atomic mass is 10.0. The molecule has 0 fully saturated rings. The maximum Gasteiger partial charge on any atom is 0.183 e.